The number of piperazine rings is 1. The van der Waals surface area contributed by atoms with Crippen LogP contribution in [0.2, 0.25) is 5.02 Å². The number of amides is 2. The van der Waals surface area contributed by atoms with Gasteiger partial charge in [-0.05, 0) is 55.8 Å². The molecule has 2 amide bonds. The Bertz CT molecular complexity index is 1490. The van der Waals surface area contributed by atoms with Crippen LogP contribution in [0.3, 0.4) is 0 Å². The van der Waals surface area contributed by atoms with Crippen molar-refractivity contribution in [1.29, 1.82) is 0 Å². The third-order valence-electron chi connectivity index (χ3n) is 7.31. The zero-order valence-corrected chi connectivity index (χ0v) is 23.0. The first-order valence-corrected chi connectivity index (χ1v) is 13.4. The van der Waals surface area contributed by atoms with Gasteiger partial charge in [-0.15, -0.1) is 0 Å². The number of rotatable bonds is 7. The number of nitrogens with zero attached hydrogens (tertiary/aromatic N) is 5. The molecule has 4 heterocycles. The van der Waals surface area contributed by atoms with Crippen molar-refractivity contribution in [2.24, 2.45) is 0 Å². The molecule has 0 unspecified atom stereocenters. The fourth-order valence-electron chi connectivity index (χ4n) is 5.43. The van der Waals surface area contributed by atoms with E-state index in [2.05, 4.69) is 9.97 Å². The number of carbonyl (C=O) groups excluding carboxylic acids is 1. The number of anilines is 2. The van der Waals surface area contributed by atoms with Gasteiger partial charge >= 0.3 is 18.2 Å². The smallest absolute Gasteiger partial charge is 0.418 e. The molecule has 1 aromatic carbocycles. The number of carboxylic acid groups (broad SMARTS) is 1. The molecule has 13 heteroatoms. The van der Waals surface area contributed by atoms with E-state index >= 15 is 0 Å². The van der Waals surface area contributed by atoms with Gasteiger partial charge in [0.05, 0.1) is 40.8 Å². The summed E-state index contributed by atoms with van der Waals surface area (Å²) in [5.41, 5.74) is -0.154. The zero-order chi connectivity index (χ0) is 29.5. The summed E-state index contributed by atoms with van der Waals surface area (Å²) >= 11 is 5.84. The van der Waals surface area contributed by atoms with E-state index in [1.807, 2.05) is 18.7 Å². The second-order valence-electron chi connectivity index (χ2n) is 9.73. The molecule has 1 N–H and O–H groups in total. The summed E-state index contributed by atoms with van der Waals surface area (Å²) in [4.78, 5) is 39.0. The van der Waals surface area contributed by atoms with E-state index in [0.29, 0.717) is 35.9 Å². The van der Waals surface area contributed by atoms with Crippen LogP contribution in [0.5, 0.6) is 5.88 Å². The molecule has 2 aliphatic rings. The molecule has 2 saturated heterocycles. The van der Waals surface area contributed by atoms with Gasteiger partial charge in [-0.1, -0.05) is 18.5 Å². The number of halogens is 4. The maximum absolute atomic E-state index is 13.8. The average Bonchev–Trinajstić information content (AvgIpc) is 3.27. The predicted molar refractivity (Wildman–Crippen MR) is 147 cm³/mol. The Morgan fingerprint density at radius 2 is 1.85 bits per heavy atom. The monoisotopic (exact) mass is 589 g/mol. The molecule has 0 spiro atoms. The van der Waals surface area contributed by atoms with Crippen molar-refractivity contribution in [2.75, 3.05) is 36.0 Å². The highest BCUT2D eigenvalue weighted by molar-refractivity contribution is 6.30. The van der Waals surface area contributed by atoms with Gasteiger partial charge in [0, 0.05) is 36.9 Å². The average molecular weight is 590 g/mol. The van der Waals surface area contributed by atoms with E-state index in [4.69, 9.17) is 16.3 Å². The number of hydrogen-bond donors (Lipinski definition) is 1. The van der Waals surface area contributed by atoms with Crippen LogP contribution in [0.25, 0.3) is 11.3 Å². The van der Waals surface area contributed by atoms with Crippen LogP contribution in [0.4, 0.5) is 29.3 Å². The number of hydrogen-bond acceptors (Lipinski definition) is 6. The lowest BCUT2D eigenvalue weighted by Crippen LogP contribution is -2.57. The number of alkyl halides is 3. The third kappa shape index (κ3) is 5.35. The van der Waals surface area contributed by atoms with E-state index in [9.17, 15) is 27.9 Å². The minimum Gasteiger partial charge on any atom is -0.477 e. The molecule has 2 aliphatic heterocycles. The number of aromatic nitrogens is 2. The van der Waals surface area contributed by atoms with Crippen LogP contribution >= 0.6 is 11.6 Å². The summed E-state index contributed by atoms with van der Waals surface area (Å²) in [6, 6.07) is 8.84. The van der Waals surface area contributed by atoms with Crippen molar-refractivity contribution in [1.82, 2.24) is 14.9 Å². The number of carbonyl (C=O) groups is 2. The van der Waals surface area contributed by atoms with Crippen LogP contribution in [0, 0.1) is 0 Å². The number of pyridine rings is 2. The Morgan fingerprint density at radius 3 is 2.54 bits per heavy atom. The fraction of sp³-hybridized carbons (Fsp3) is 0.357. The Labute approximate surface area is 239 Å². The number of fused-ring (bicyclic) bond motifs is 1. The molecular formula is C28H27ClF3N5O4. The van der Waals surface area contributed by atoms with Crippen molar-refractivity contribution in [3.05, 3.63) is 64.9 Å². The first-order chi connectivity index (χ1) is 19.5. The second kappa shape index (κ2) is 11.1. The highest BCUT2D eigenvalue weighted by atomic mass is 35.5. The number of urea groups is 1. The molecule has 5 rings (SSSR count). The maximum Gasteiger partial charge on any atom is 0.418 e. The molecule has 3 aromatic rings. The van der Waals surface area contributed by atoms with Gasteiger partial charge in [0.2, 0.25) is 5.88 Å². The van der Waals surface area contributed by atoms with Crippen LogP contribution in [0.15, 0.2) is 48.7 Å². The number of benzene rings is 1. The summed E-state index contributed by atoms with van der Waals surface area (Å²) < 4.78 is 47.1. The lowest BCUT2D eigenvalue weighted by atomic mass is 10.0. The van der Waals surface area contributed by atoms with Crippen molar-refractivity contribution >= 4 is 35.0 Å². The topological polar surface area (TPSA) is 99.1 Å². The second-order valence-corrected chi connectivity index (χ2v) is 10.2. The van der Waals surface area contributed by atoms with Crippen molar-refractivity contribution in [2.45, 2.75) is 38.5 Å². The van der Waals surface area contributed by atoms with E-state index < -0.39 is 29.8 Å². The normalized spacial score (nSPS) is 19.0. The van der Waals surface area contributed by atoms with Gasteiger partial charge in [-0.3, -0.25) is 4.90 Å². The molecule has 0 radical (unpaired) electrons. The molecular weight excluding hydrogens is 563 g/mol. The lowest BCUT2D eigenvalue weighted by Gasteiger charge is -2.44. The highest BCUT2D eigenvalue weighted by Gasteiger charge is 2.47. The quantitative estimate of drug-likeness (QED) is 0.371. The van der Waals surface area contributed by atoms with Gasteiger partial charge in [-0.2, -0.15) is 13.2 Å². The Balaban J connectivity index is 1.49. The molecule has 0 bridgehead atoms. The standard InChI is InChI=1S/C28H27ClF3N5O4/c1-3-17-13-36-18(15-37(27(36)40)22-9-7-16(29)12-20(22)28(30,31)32)14-35(17)23-10-8-21(34-24(23)26(38)39)19-6-5-11-33-25(19)41-4-2/h5-12,17-18H,3-4,13-15H2,1-2H3,(H,38,39)/t17-,18+/m1/s1. The molecule has 41 heavy (non-hydrogen) atoms. The minimum atomic E-state index is -4.71. The van der Waals surface area contributed by atoms with Crippen LogP contribution in [-0.4, -0.2) is 70.3 Å². The van der Waals surface area contributed by atoms with E-state index in [1.165, 1.54) is 12.1 Å². The van der Waals surface area contributed by atoms with Crippen molar-refractivity contribution in [3.63, 3.8) is 0 Å². The summed E-state index contributed by atoms with van der Waals surface area (Å²) in [6.45, 7) is 4.51. The fourth-order valence-corrected chi connectivity index (χ4v) is 5.60. The first-order valence-electron chi connectivity index (χ1n) is 13.1. The number of carboxylic acids is 1. The lowest BCUT2D eigenvalue weighted by molar-refractivity contribution is -0.137. The van der Waals surface area contributed by atoms with Gasteiger partial charge < -0.3 is 19.6 Å². The summed E-state index contributed by atoms with van der Waals surface area (Å²) in [5.74, 6) is -0.905. The molecule has 0 aliphatic carbocycles. The maximum atomic E-state index is 13.8. The van der Waals surface area contributed by atoms with Crippen molar-refractivity contribution < 1.29 is 32.6 Å². The van der Waals surface area contributed by atoms with Gasteiger partial charge in [0.25, 0.3) is 0 Å². The van der Waals surface area contributed by atoms with E-state index in [1.54, 1.807) is 35.4 Å². The van der Waals surface area contributed by atoms with Crippen LogP contribution in [-0.2, 0) is 6.18 Å². The Morgan fingerprint density at radius 1 is 1.10 bits per heavy atom. The summed E-state index contributed by atoms with van der Waals surface area (Å²) in [7, 11) is 0. The Hall–Kier alpha value is -4.06. The third-order valence-corrected chi connectivity index (χ3v) is 7.54. The number of ether oxygens (including phenoxy) is 1. The summed E-state index contributed by atoms with van der Waals surface area (Å²) in [6.07, 6.45) is -2.58. The molecule has 9 nitrogen and oxygen atoms in total. The largest absolute Gasteiger partial charge is 0.477 e. The minimum absolute atomic E-state index is 0.00218. The highest BCUT2D eigenvalue weighted by Crippen LogP contribution is 2.41. The Kier molecular flexibility index (Phi) is 7.69. The molecule has 216 valence electrons. The van der Waals surface area contributed by atoms with Gasteiger partial charge in [0.1, 0.15) is 0 Å². The SMILES string of the molecule is CCOc1ncccc1-c1ccc(N2C[C@H]3CN(c4ccc(Cl)cc4C(F)(F)F)C(=O)N3C[C@H]2CC)c(C(=O)O)n1. The first kappa shape index (κ1) is 28.5. The molecule has 2 fully saturated rings. The molecule has 2 aromatic heterocycles. The van der Waals surface area contributed by atoms with E-state index in [0.717, 1.165) is 11.0 Å². The van der Waals surface area contributed by atoms with Crippen molar-refractivity contribution in [3.8, 4) is 17.1 Å². The molecule has 2 atom stereocenters. The number of aromatic carboxylic acids is 1. The summed E-state index contributed by atoms with van der Waals surface area (Å²) in [5, 5.41) is 10.0. The predicted octanol–water partition coefficient (Wildman–Crippen LogP) is 5.82. The van der Waals surface area contributed by atoms with Gasteiger partial charge in [-0.25, -0.2) is 19.6 Å². The van der Waals surface area contributed by atoms with E-state index in [-0.39, 0.29) is 42.1 Å². The molecule has 0 saturated carbocycles. The van der Waals surface area contributed by atoms with Crippen LogP contribution in [0.1, 0.15) is 36.3 Å². The van der Waals surface area contributed by atoms with Crippen LogP contribution < -0.4 is 14.5 Å². The van der Waals surface area contributed by atoms with Gasteiger partial charge in [0.15, 0.2) is 5.69 Å². The zero-order valence-electron chi connectivity index (χ0n) is 22.2.